The molecule has 0 heterocycles. The van der Waals surface area contributed by atoms with Gasteiger partial charge in [0.25, 0.3) is 0 Å². The second-order valence-corrected chi connectivity index (χ2v) is 0. The Morgan fingerprint density at radius 1 is 0.154 bits per heavy atom. The van der Waals surface area contributed by atoms with E-state index in [0.29, 0.717) is 0 Å². The first-order chi connectivity index (χ1) is 0. The molecule has 0 aliphatic heterocycles. The SMILES string of the molecule is [B].[B].[B].[B].[B].[B].[B].[B].[B].[B].[B].[B].[La]. The Kier molecular flexibility index (Phi) is 34800. The van der Waals surface area contributed by atoms with Gasteiger partial charge in [-0.25, -0.2) is 0 Å². The minimum absolute atomic E-state index is 0. The van der Waals surface area contributed by atoms with Crippen molar-refractivity contribution in [3.8, 4) is 0 Å². The van der Waals surface area contributed by atoms with Crippen LogP contribution in [-0.2, 0) is 0 Å². The van der Waals surface area contributed by atoms with Crippen molar-refractivity contribution < 1.29 is 35.6 Å². The summed E-state index contributed by atoms with van der Waals surface area (Å²) in [5.41, 5.74) is 0. The van der Waals surface area contributed by atoms with Crippen LogP contribution in [0.25, 0.3) is 0 Å². The molecule has 0 aromatic carbocycles. The van der Waals surface area contributed by atoms with Gasteiger partial charge in [0.2, 0.25) is 0 Å². The van der Waals surface area contributed by atoms with Gasteiger partial charge in [0.1, 0.15) is 0 Å². The average Bonchev–Trinajstić information content (AvgIpc) is 0. The van der Waals surface area contributed by atoms with E-state index in [1.807, 2.05) is 0 Å². The van der Waals surface area contributed by atoms with Crippen molar-refractivity contribution in [1.29, 1.82) is 0 Å². The van der Waals surface area contributed by atoms with E-state index in [1.54, 1.807) is 0 Å². The molecule has 37 radical (unpaired) electrons. The van der Waals surface area contributed by atoms with Gasteiger partial charge in [0, 0.05) is 137 Å². The largest absolute Gasteiger partial charge is 0 e. The molecule has 39 valence electrons. The van der Waals surface area contributed by atoms with Gasteiger partial charge in [-0.15, -0.1) is 0 Å². The fraction of sp³-hybridized carbons (Fsp3) is 0. The second-order valence-electron chi connectivity index (χ2n) is 0. The van der Waals surface area contributed by atoms with Crippen LogP contribution in [-0.4, -0.2) is 101 Å². The standard InChI is InChI=1S/12B.La. The number of rotatable bonds is 0. The Balaban J connectivity index is 0. The van der Waals surface area contributed by atoms with Crippen LogP contribution in [0.3, 0.4) is 0 Å². The Bertz CT molecular complexity index is 5.09. The van der Waals surface area contributed by atoms with Crippen LogP contribution in [0.15, 0.2) is 0 Å². The van der Waals surface area contributed by atoms with Crippen LogP contribution in [0, 0.1) is 35.6 Å². The van der Waals surface area contributed by atoms with Crippen molar-refractivity contribution in [1.82, 2.24) is 0 Å². The molecule has 13 heavy (non-hydrogen) atoms. The van der Waals surface area contributed by atoms with E-state index in [1.165, 1.54) is 0 Å². The van der Waals surface area contributed by atoms with E-state index in [4.69, 9.17) is 0 Å². The summed E-state index contributed by atoms with van der Waals surface area (Å²) in [6, 6.07) is 0. The van der Waals surface area contributed by atoms with E-state index in [-0.39, 0.29) is 137 Å². The zero-order valence-corrected chi connectivity index (χ0v) is 11.1. The molecule has 0 nitrogen and oxygen atoms in total. The van der Waals surface area contributed by atoms with Crippen LogP contribution in [0.2, 0.25) is 0 Å². The van der Waals surface area contributed by atoms with Crippen molar-refractivity contribution in [2.24, 2.45) is 0 Å². The van der Waals surface area contributed by atoms with Gasteiger partial charge in [-0.1, -0.05) is 0 Å². The summed E-state index contributed by atoms with van der Waals surface area (Å²) in [5, 5.41) is 0. The summed E-state index contributed by atoms with van der Waals surface area (Å²) in [7, 11) is 0. The third-order valence-electron chi connectivity index (χ3n) is 0. The second kappa shape index (κ2) is 604. The molecular weight excluding hydrogens is 269 g/mol. The smallest absolute Gasteiger partial charge is 0 e. The van der Waals surface area contributed by atoms with E-state index < -0.39 is 0 Å². The Hall–Kier alpha value is 1.97. The van der Waals surface area contributed by atoms with Gasteiger partial charge >= 0.3 is 0 Å². The van der Waals surface area contributed by atoms with Crippen molar-refractivity contribution in [3.63, 3.8) is 0 Å². The quantitative estimate of drug-likeness (QED) is 0.388. The fourth-order valence-corrected chi connectivity index (χ4v) is 0. The number of hydrogen-bond donors (Lipinski definition) is 0. The van der Waals surface area contributed by atoms with Crippen LogP contribution in [0.1, 0.15) is 0 Å². The van der Waals surface area contributed by atoms with Crippen molar-refractivity contribution in [3.05, 3.63) is 0 Å². The Labute approximate surface area is 135 Å². The summed E-state index contributed by atoms with van der Waals surface area (Å²) in [6.07, 6.45) is 0. The molecule has 0 N–H and O–H groups in total. The average molecular weight is 269 g/mol. The summed E-state index contributed by atoms with van der Waals surface area (Å²) in [5.74, 6) is 0. The fourth-order valence-electron chi connectivity index (χ4n) is 0. The van der Waals surface area contributed by atoms with E-state index in [0.717, 1.165) is 0 Å². The molecule has 0 bridgehead atoms. The maximum Gasteiger partial charge on any atom is 0 e. The molecule has 0 aliphatic carbocycles. The third kappa shape index (κ3) is 514. The first kappa shape index (κ1) is 750. The summed E-state index contributed by atoms with van der Waals surface area (Å²) >= 11 is 0. The molecule has 0 aromatic rings. The summed E-state index contributed by atoms with van der Waals surface area (Å²) in [4.78, 5) is 0. The predicted octanol–water partition coefficient (Wildman–Crippen LogP) is -4.57. The molecule has 13 heteroatoms. The minimum atomic E-state index is 0. The van der Waals surface area contributed by atoms with Gasteiger partial charge < -0.3 is 0 Å². The molecular formula is B12La. The van der Waals surface area contributed by atoms with Gasteiger partial charge in [0.05, 0.1) is 0 Å². The maximum atomic E-state index is 0. The molecule has 0 aliphatic rings. The third-order valence-corrected chi connectivity index (χ3v) is 0. The normalized spacial score (nSPS) is 0. The molecule has 0 fully saturated rings. The Morgan fingerprint density at radius 2 is 0.154 bits per heavy atom. The molecule has 0 spiro atoms. The van der Waals surface area contributed by atoms with Gasteiger partial charge in [-0.3, -0.25) is 0 Å². The number of hydrogen-bond acceptors (Lipinski definition) is 0. The molecule has 0 aromatic heterocycles. The van der Waals surface area contributed by atoms with Gasteiger partial charge in [-0.05, 0) is 0 Å². The molecule has 0 saturated carbocycles. The zero-order chi connectivity index (χ0) is 0. The van der Waals surface area contributed by atoms with Crippen molar-refractivity contribution in [2.45, 2.75) is 0 Å². The molecule has 0 unspecified atom stereocenters. The summed E-state index contributed by atoms with van der Waals surface area (Å²) < 4.78 is 0. The van der Waals surface area contributed by atoms with Crippen molar-refractivity contribution >= 4 is 101 Å². The van der Waals surface area contributed by atoms with Gasteiger partial charge in [-0.2, -0.15) is 0 Å². The summed E-state index contributed by atoms with van der Waals surface area (Å²) in [6.45, 7) is 0. The zero-order valence-electron chi connectivity index (χ0n) is 7.51. The molecule has 0 amide bonds. The monoisotopic (exact) mass is 271 g/mol. The Morgan fingerprint density at radius 3 is 0.154 bits per heavy atom. The van der Waals surface area contributed by atoms with Crippen molar-refractivity contribution in [2.75, 3.05) is 0 Å². The van der Waals surface area contributed by atoms with Crippen LogP contribution < -0.4 is 0 Å². The first-order valence-electron chi connectivity index (χ1n) is 0. The van der Waals surface area contributed by atoms with Crippen LogP contribution in [0.4, 0.5) is 0 Å². The van der Waals surface area contributed by atoms with E-state index >= 15 is 0 Å². The first-order valence-corrected chi connectivity index (χ1v) is 0. The maximum absolute atomic E-state index is 0. The predicted molar refractivity (Wildman–Crippen MR) is 69.0 cm³/mol. The molecule has 0 saturated heterocycles. The van der Waals surface area contributed by atoms with Gasteiger partial charge in [0.15, 0.2) is 0 Å². The van der Waals surface area contributed by atoms with E-state index in [2.05, 4.69) is 0 Å². The molecule has 0 rings (SSSR count). The minimum Gasteiger partial charge on any atom is 0 e. The molecule has 0 atom stereocenters. The van der Waals surface area contributed by atoms with Crippen LogP contribution >= 0.6 is 0 Å². The van der Waals surface area contributed by atoms with E-state index in [9.17, 15) is 0 Å². The topological polar surface area (TPSA) is 0 Å². The van der Waals surface area contributed by atoms with Crippen LogP contribution in [0.5, 0.6) is 0 Å².